The first-order valence-corrected chi connectivity index (χ1v) is 11.2. The molecule has 0 N–H and O–H groups in total. The van der Waals surface area contributed by atoms with Gasteiger partial charge in [0.25, 0.3) is 10.0 Å². The van der Waals surface area contributed by atoms with Crippen LogP contribution in [0.25, 0.3) is 0 Å². The molecule has 9 heteroatoms. The highest BCUT2D eigenvalue weighted by Gasteiger charge is 2.31. The number of rotatable bonds is 4. The van der Waals surface area contributed by atoms with Gasteiger partial charge in [-0.15, -0.1) is 11.3 Å². The number of amides is 1. The van der Waals surface area contributed by atoms with Gasteiger partial charge in [0.15, 0.2) is 0 Å². The average molecular weight is 453 g/mol. The first-order valence-electron chi connectivity index (χ1n) is 8.18. The smallest absolute Gasteiger partial charge is 0.410 e. The summed E-state index contributed by atoms with van der Waals surface area (Å²) >= 11 is 4.50. The molecule has 0 unspecified atom stereocenters. The number of sulfonamides is 1. The first-order chi connectivity index (χ1) is 11.5. The maximum Gasteiger partial charge on any atom is 0.410 e. The van der Waals surface area contributed by atoms with Crippen LogP contribution in [0.2, 0.25) is 0 Å². The van der Waals surface area contributed by atoms with Crippen molar-refractivity contribution in [3.8, 4) is 0 Å². The first kappa shape index (κ1) is 20.7. The van der Waals surface area contributed by atoms with Crippen molar-refractivity contribution < 1.29 is 17.9 Å². The largest absolute Gasteiger partial charge is 0.444 e. The summed E-state index contributed by atoms with van der Waals surface area (Å²) in [5.41, 5.74) is -0.531. The molecule has 2 heterocycles. The van der Waals surface area contributed by atoms with Gasteiger partial charge < -0.3 is 9.64 Å². The highest BCUT2D eigenvalue weighted by Crippen LogP contribution is 2.29. The van der Waals surface area contributed by atoms with Gasteiger partial charge >= 0.3 is 6.09 Å². The van der Waals surface area contributed by atoms with Gasteiger partial charge in [-0.25, -0.2) is 13.2 Å². The minimum atomic E-state index is -3.50. The number of halogens is 1. The van der Waals surface area contributed by atoms with Crippen LogP contribution in [0.3, 0.4) is 0 Å². The second-order valence-electron chi connectivity index (χ2n) is 7.28. The zero-order valence-electron chi connectivity index (χ0n) is 15.0. The molecule has 1 aromatic rings. The molecule has 1 atom stereocenters. The third-order valence-corrected chi connectivity index (χ3v) is 7.81. The van der Waals surface area contributed by atoms with Crippen molar-refractivity contribution in [2.45, 2.75) is 43.4 Å². The number of ether oxygens (including phenoxy) is 1. The summed E-state index contributed by atoms with van der Waals surface area (Å²) in [4.78, 5) is 13.9. The fourth-order valence-corrected chi connectivity index (χ4v) is 6.23. The molecular formula is C16H25BrN2O4S2. The van der Waals surface area contributed by atoms with Gasteiger partial charge in [0.1, 0.15) is 9.81 Å². The number of piperidine rings is 1. The molecular weight excluding hydrogens is 428 g/mol. The van der Waals surface area contributed by atoms with E-state index in [0.29, 0.717) is 23.8 Å². The lowest BCUT2D eigenvalue weighted by Gasteiger charge is -2.35. The Kier molecular flexibility index (Phi) is 6.56. The quantitative estimate of drug-likeness (QED) is 0.696. The Morgan fingerprint density at radius 3 is 2.68 bits per heavy atom. The molecule has 6 nitrogen and oxygen atoms in total. The standard InChI is InChI=1S/C16H25BrN2O4S2/c1-16(2,3)23-15(20)19-9-5-6-12(11-19)10-18(4)25(21,22)14-8-7-13(17)24-14/h7-8,12H,5-6,9-11H2,1-4H3/t12-/m1/s1. The normalized spacial score (nSPS) is 19.3. The topological polar surface area (TPSA) is 66.9 Å². The summed E-state index contributed by atoms with van der Waals surface area (Å²) in [6, 6.07) is 3.34. The van der Waals surface area contributed by atoms with Crippen LogP contribution in [0.15, 0.2) is 20.1 Å². The second-order valence-corrected chi connectivity index (χ2v) is 12.0. The Hall–Kier alpha value is -0.640. The van der Waals surface area contributed by atoms with Crippen molar-refractivity contribution in [2.75, 3.05) is 26.7 Å². The summed E-state index contributed by atoms with van der Waals surface area (Å²) in [5.74, 6) is 0.101. The molecule has 0 saturated carbocycles. The van der Waals surface area contributed by atoms with Crippen molar-refractivity contribution >= 4 is 43.4 Å². The fourth-order valence-electron chi connectivity index (χ4n) is 2.76. The van der Waals surface area contributed by atoms with Crippen LogP contribution in [0.1, 0.15) is 33.6 Å². The second kappa shape index (κ2) is 7.94. The van der Waals surface area contributed by atoms with Crippen LogP contribution >= 0.6 is 27.3 Å². The van der Waals surface area contributed by atoms with Crippen LogP contribution in [-0.4, -0.2) is 56.0 Å². The van der Waals surface area contributed by atoms with Crippen LogP contribution < -0.4 is 0 Å². The molecule has 1 aliphatic heterocycles. The number of thiophene rings is 1. The summed E-state index contributed by atoms with van der Waals surface area (Å²) < 4.78 is 33.2. The van der Waals surface area contributed by atoms with E-state index in [9.17, 15) is 13.2 Å². The van der Waals surface area contributed by atoms with E-state index in [1.165, 1.54) is 15.6 Å². The van der Waals surface area contributed by atoms with Gasteiger partial charge in [-0.3, -0.25) is 0 Å². The molecule has 0 bridgehead atoms. The molecule has 2 rings (SSSR count). The van der Waals surface area contributed by atoms with Crippen LogP contribution in [0, 0.1) is 5.92 Å². The van der Waals surface area contributed by atoms with Crippen molar-refractivity contribution in [1.82, 2.24) is 9.21 Å². The summed E-state index contributed by atoms with van der Waals surface area (Å²) in [6.07, 6.45) is 1.42. The molecule has 0 aliphatic carbocycles. The van der Waals surface area contributed by atoms with E-state index in [2.05, 4.69) is 15.9 Å². The van der Waals surface area contributed by atoms with E-state index in [4.69, 9.17) is 4.74 Å². The number of hydrogen-bond donors (Lipinski definition) is 0. The number of nitrogens with zero attached hydrogens (tertiary/aromatic N) is 2. The maximum absolute atomic E-state index is 12.6. The lowest BCUT2D eigenvalue weighted by atomic mass is 9.98. The summed E-state index contributed by atoms with van der Waals surface area (Å²) in [6.45, 7) is 7.07. The molecule has 1 fully saturated rings. The Labute approximate surface area is 162 Å². The zero-order chi connectivity index (χ0) is 18.8. The predicted octanol–water partition coefficient (Wildman–Crippen LogP) is 3.78. The summed E-state index contributed by atoms with van der Waals surface area (Å²) in [5, 5.41) is 0. The Bertz CT molecular complexity index is 712. The molecule has 0 radical (unpaired) electrons. The number of likely N-dealkylation sites (tertiary alicyclic amines) is 1. The van der Waals surface area contributed by atoms with Gasteiger partial charge in [0.2, 0.25) is 0 Å². The number of carbonyl (C=O) groups is 1. The molecule has 25 heavy (non-hydrogen) atoms. The summed E-state index contributed by atoms with van der Waals surface area (Å²) in [7, 11) is -1.90. The van der Waals surface area contributed by atoms with E-state index < -0.39 is 15.6 Å². The van der Waals surface area contributed by atoms with Crippen molar-refractivity contribution in [2.24, 2.45) is 5.92 Å². The Morgan fingerprint density at radius 1 is 1.44 bits per heavy atom. The lowest BCUT2D eigenvalue weighted by Crippen LogP contribution is -2.45. The predicted molar refractivity (Wildman–Crippen MR) is 102 cm³/mol. The van der Waals surface area contributed by atoms with E-state index in [1.807, 2.05) is 20.8 Å². The molecule has 1 saturated heterocycles. The van der Waals surface area contributed by atoms with Crippen LogP contribution in [0.5, 0.6) is 0 Å². The third-order valence-electron chi connectivity index (χ3n) is 3.90. The average Bonchev–Trinajstić information content (AvgIpc) is 2.93. The third kappa shape index (κ3) is 5.67. The van der Waals surface area contributed by atoms with Crippen LogP contribution in [0.4, 0.5) is 4.79 Å². The van der Waals surface area contributed by atoms with Crippen molar-refractivity contribution in [1.29, 1.82) is 0 Å². The number of hydrogen-bond acceptors (Lipinski definition) is 5. The SMILES string of the molecule is CN(C[C@H]1CCCN(C(=O)OC(C)(C)C)C1)S(=O)(=O)c1ccc(Br)s1. The minimum Gasteiger partial charge on any atom is -0.444 e. The van der Waals surface area contributed by atoms with Gasteiger partial charge in [-0.1, -0.05) is 0 Å². The van der Waals surface area contributed by atoms with Crippen molar-refractivity contribution in [3.63, 3.8) is 0 Å². The van der Waals surface area contributed by atoms with Gasteiger partial charge in [-0.2, -0.15) is 4.31 Å². The molecule has 142 valence electrons. The van der Waals surface area contributed by atoms with E-state index >= 15 is 0 Å². The monoisotopic (exact) mass is 452 g/mol. The lowest BCUT2D eigenvalue weighted by molar-refractivity contribution is 0.0160. The minimum absolute atomic E-state index is 0.101. The molecule has 1 aliphatic rings. The molecule has 0 spiro atoms. The fraction of sp³-hybridized carbons (Fsp3) is 0.688. The van der Waals surface area contributed by atoms with E-state index in [1.54, 1.807) is 24.1 Å². The van der Waals surface area contributed by atoms with E-state index in [-0.39, 0.29) is 12.0 Å². The van der Waals surface area contributed by atoms with Crippen molar-refractivity contribution in [3.05, 3.63) is 15.9 Å². The molecule has 1 aromatic heterocycles. The van der Waals surface area contributed by atoms with Gasteiger partial charge in [-0.05, 0) is 67.6 Å². The highest BCUT2D eigenvalue weighted by molar-refractivity contribution is 9.11. The number of carbonyl (C=O) groups excluding carboxylic acids is 1. The Morgan fingerprint density at radius 2 is 2.12 bits per heavy atom. The van der Waals surface area contributed by atoms with Gasteiger partial charge in [0.05, 0.1) is 3.79 Å². The molecule has 1 amide bonds. The highest BCUT2D eigenvalue weighted by atomic mass is 79.9. The Balaban J connectivity index is 1.99. The van der Waals surface area contributed by atoms with Crippen LogP contribution in [-0.2, 0) is 14.8 Å². The molecule has 0 aromatic carbocycles. The maximum atomic E-state index is 12.6. The zero-order valence-corrected chi connectivity index (χ0v) is 18.2. The van der Waals surface area contributed by atoms with E-state index in [0.717, 1.165) is 16.6 Å². The van der Waals surface area contributed by atoms with Gasteiger partial charge in [0, 0.05) is 26.7 Å².